The number of nitrogens with one attached hydrogen (secondary N) is 1. The number of carbonyl (C=O) groups is 5. The Morgan fingerprint density at radius 2 is 1.64 bits per heavy atom. The molecule has 0 spiro atoms. The highest BCUT2D eigenvalue weighted by atomic mass is 32.2. The predicted octanol–water partition coefficient (Wildman–Crippen LogP) is 4.75. The molecule has 0 atom stereocenters. The molecule has 1 aliphatic carbocycles. The topological polar surface area (TPSA) is 142 Å². The van der Waals surface area contributed by atoms with Crippen LogP contribution in [0.2, 0.25) is 0 Å². The number of thiophene rings is 1. The Kier molecular flexibility index (Phi) is 12.1. The van der Waals surface area contributed by atoms with Crippen molar-refractivity contribution in [1.29, 1.82) is 0 Å². The third-order valence-electron chi connectivity index (χ3n) is 6.62. The minimum Gasteiger partial charge on any atom is -0.465 e. The van der Waals surface area contributed by atoms with Crippen LogP contribution in [0.1, 0.15) is 71.2 Å². The van der Waals surface area contributed by atoms with Crippen molar-refractivity contribution in [2.45, 2.75) is 59.4 Å². The highest BCUT2D eigenvalue weighted by Crippen LogP contribution is 2.38. The number of hydrogen-bond donors (Lipinski definition) is 1. The van der Waals surface area contributed by atoms with Gasteiger partial charge < -0.3 is 24.1 Å². The average molecular weight is 662 g/mol. The molecule has 0 fully saturated rings. The van der Waals surface area contributed by atoms with E-state index in [1.807, 2.05) is 0 Å². The normalized spacial score (nSPS) is 13.2. The molecule has 2 aromatic heterocycles. The van der Waals surface area contributed by atoms with Gasteiger partial charge in [0.25, 0.3) is 5.91 Å². The van der Waals surface area contributed by atoms with Crippen LogP contribution in [0.4, 0.5) is 5.00 Å². The van der Waals surface area contributed by atoms with E-state index in [4.69, 9.17) is 14.2 Å². The highest BCUT2D eigenvalue weighted by Gasteiger charge is 2.26. The molecule has 0 radical (unpaired) electrons. The molecular formula is C30H35N3O8S3. The van der Waals surface area contributed by atoms with Crippen LogP contribution in [0, 0.1) is 0 Å². The maximum atomic E-state index is 12.9. The Morgan fingerprint density at radius 3 is 2.39 bits per heavy atom. The molecule has 0 saturated heterocycles. The van der Waals surface area contributed by atoms with Crippen molar-refractivity contribution < 1.29 is 38.2 Å². The van der Waals surface area contributed by atoms with Crippen molar-refractivity contribution in [2.24, 2.45) is 4.99 Å². The number of thiazole rings is 1. The number of anilines is 1. The predicted molar refractivity (Wildman–Crippen MR) is 170 cm³/mol. The molecule has 0 aliphatic heterocycles. The fraction of sp³-hybridized carbons (Fsp3) is 0.467. The summed E-state index contributed by atoms with van der Waals surface area (Å²) in [5, 5.41) is 3.35. The highest BCUT2D eigenvalue weighted by molar-refractivity contribution is 8.00. The number of rotatable bonds is 12. The smallest absolute Gasteiger partial charge is 0.341 e. The minimum absolute atomic E-state index is 0.0236. The zero-order chi connectivity index (χ0) is 31.6. The third-order valence-corrected chi connectivity index (χ3v) is 9.79. The van der Waals surface area contributed by atoms with E-state index in [1.54, 1.807) is 43.5 Å². The van der Waals surface area contributed by atoms with Crippen molar-refractivity contribution in [3.8, 4) is 0 Å². The molecule has 1 aliphatic rings. The van der Waals surface area contributed by atoms with E-state index in [0.29, 0.717) is 26.3 Å². The first-order valence-corrected chi connectivity index (χ1v) is 17.3. The van der Waals surface area contributed by atoms with Crippen LogP contribution in [0.15, 0.2) is 23.2 Å². The molecule has 2 amide bonds. The van der Waals surface area contributed by atoms with Gasteiger partial charge in [-0.15, -0.1) is 23.1 Å². The van der Waals surface area contributed by atoms with Crippen LogP contribution in [0.3, 0.4) is 0 Å². The number of esters is 3. The standard InChI is InChI=1S/C30H35N3O8S3/c1-4-39-25(36)15-33-20-13-12-18(28(37)40-5-2)14-22(20)44-30(33)32-24(35)17-42-16-23(34)31-27-26(29(38)41-6-3)19-10-8-7-9-11-21(19)43-27/h12-14H,4-11,15-17H2,1-3H3,(H,31,34). The lowest BCUT2D eigenvalue weighted by Gasteiger charge is -2.08. The third kappa shape index (κ3) is 8.36. The van der Waals surface area contributed by atoms with Crippen molar-refractivity contribution in [3.63, 3.8) is 0 Å². The fourth-order valence-electron chi connectivity index (χ4n) is 4.77. The minimum atomic E-state index is -0.493. The zero-order valence-corrected chi connectivity index (χ0v) is 27.3. The maximum absolute atomic E-state index is 12.9. The van der Waals surface area contributed by atoms with Gasteiger partial charge in [0.05, 0.1) is 52.7 Å². The first kappa shape index (κ1) is 33.4. The maximum Gasteiger partial charge on any atom is 0.341 e. The van der Waals surface area contributed by atoms with Crippen LogP contribution >= 0.6 is 34.4 Å². The average Bonchev–Trinajstić information content (AvgIpc) is 3.39. The number of aromatic nitrogens is 1. The molecule has 44 heavy (non-hydrogen) atoms. The monoisotopic (exact) mass is 661 g/mol. The fourth-order valence-corrected chi connectivity index (χ4v) is 7.75. The number of amides is 2. The number of fused-ring (bicyclic) bond motifs is 2. The van der Waals surface area contributed by atoms with Gasteiger partial charge in [-0.3, -0.25) is 14.4 Å². The van der Waals surface area contributed by atoms with Gasteiger partial charge in [-0.1, -0.05) is 17.8 Å². The van der Waals surface area contributed by atoms with Crippen molar-refractivity contribution in [2.75, 3.05) is 36.6 Å². The summed E-state index contributed by atoms with van der Waals surface area (Å²) in [6, 6.07) is 4.90. The van der Waals surface area contributed by atoms with E-state index in [1.165, 1.54) is 11.3 Å². The number of thioether (sulfide) groups is 1. The number of ether oxygens (including phenoxy) is 3. The summed E-state index contributed by atoms with van der Waals surface area (Å²) >= 11 is 3.67. The van der Waals surface area contributed by atoms with Crippen LogP contribution in [-0.2, 0) is 48.0 Å². The first-order chi connectivity index (χ1) is 21.2. The summed E-state index contributed by atoms with van der Waals surface area (Å²) in [7, 11) is 0. The van der Waals surface area contributed by atoms with Crippen LogP contribution < -0.4 is 10.1 Å². The first-order valence-electron chi connectivity index (χ1n) is 14.5. The molecule has 2 heterocycles. The van der Waals surface area contributed by atoms with Crippen molar-refractivity contribution >= 4 is 79.4 Å². The van der Waals surface area contributed by atoms with Gasteiger partial charge in [-0.05, 0) is 70.2 Å². The van der Waals surface area contributed by atoms with Gasteiger partial charge in [0.2, 0.25) is 5.91 Å². The van der Waals surface area contributed by atoms with Crippen LogP contribution in [0.25, 0.3) is 10.2 Å². The summed E-state index contributed by atoms with van der Waals surface area (Å²) in [4.78, 5) is 68.6. The van der Waals surface area contributed by atoms with Crippen molar-refractivity contribution in [3.05, 3.63) is 44.6 Å². The molecule has 0 saturated carbocycles. The summed E-state index contributed by atoms with van der Waals surface area (Å²) in [5.74, 6) is -2.34. The SMILES string of the molecule is CCOC(=O)Cn1c(=NC(=O)CSCC(=O)Nc2sc3c(c2C(=O)OCC)CCCCC3)sc2cc(C(=O)OCC)ccc21. The molecule has 11 nitrogen and oxygen atoms in total. The zero-order valence-electron chi connectivity index (χ0n) is 24.9. The van der Waals surface area contributed by atoms with E-state index in [0.717, 1.165) is 65.6 Å². The molecule has 1 aromatic carbocycles. The van der Waals surface area contributed by atoms with Gasteiger partial charge in [0.15, 0.2) is 4.80 Å². The molecule has 1 N–H and O–H groups in total. The van der Waals surface area contributed by atoms with Gasteiger partial charge in [0.1, 0.15) is 11.5 Å². The second-order valence-corrected chi connectivity index (χ2v) is 12.8. The summed E-state index contributed by atoms with van der Waals surface area (Å²) in [6.07, 6.45) is 4.76. The largest absolute Gasteiger partial charge is 0.465 e. The van der Waals surface area contributed by atoms with Gasteiger partial charge in [-0.2, -0.15) is 4.99 Å². The van der Waals surface area contributed by atoms with Gasteiger partial charge in [-0.25, -0.2) is 9.59 Å². The lowest BCUT2D eigenvalue weighted by Crippen LogP contribution is -2.23. The van der Waals surface area contributed by atoms with Crippen molar-refractivity contribution in [1.82, 2.24) is 4.57 Å². The Morgan fingerprint density at radius 1 is 0.909 bits per heavy atom. The lowest BCUT2D eigenvalue weighted by atomic mass is 10.1. The number of hydrogen-bond acceptors (Lipinski definition) is 11. The van der Waals surface area contributed by atoms with E-state index < -0.39 is 23.8 Å². The number of benzene rings is 1. The quantitative estimate of drug-likeness (QED) is 0.165. The number of carbonyl (C=O) groups excluding carboxylic acids is 5. The van der Waals surface area contributed by atoms with Crippen LogP contribution in [-0.4, -0.2) is 65.6 Å². The molecule has 14 heteroatoms. The second kappa shape index (κ2) is 16.0. The summed E-state index contributed by atoms with van der Waals surface area (Å²) in [6.45, 7) is 5.68. The van der Waals surface area contributed by atoms with Gasteiger partial charge >= 0.3 is 17.9 Å². The van der Waals surface area contributed by atoms with E-state index in [2.05, 4.69) is 10.3 Å². The molecule has 0 unspecified atom stereocenters. The van der Waals surface area contributed by atoms with Crippen LogP contribution in [0.5, 0.6) is 0 Å². The molecule has 0 bridgehead atoms. The Hall–Kier alpha value is -3.49. The summed E-state index contributed by atoms with van der Waals surface area (Å²) in [5.41, 5.74) is 2.37. The Labute approximate surface area is 267 Å². The molecule has 4 rings (SSSR count). The second-order valence-electron chi connectivity index (χ2n) is 9.71. The summed E-state index contributed by atoms with van der Waals surface area (Å²) < 4.78 is 17.7. The number of aryl methyl sites for hydroxylation is 1. The van der Waals surface area contributed by atoms with E-state index >= 15 is 0 Å². The van der Waals surface area contributed by atoms with Gasteiger partial charge in [0, 0.05) is 4.88 Å². The molecule has 236 valence electrons. The number of nitrogens with zero attached hydrogens (tertiary/aromatic N) is 2. The Balaban J connectivity index is 1.47. The van der Waals surface area contributed by atoms with E-state index in [-0.39, 0.29) is 48.6 Å². The molecular weight excluding hydrogens is 627 g/mol. The van der Waals surface area contributed by atoms with E-state index in [9.17, 15) is 24.0 Å². The Bertz CT molecular complexity index is 1620. The molecule has 3 aromatic rings. The lowest BCUT2D eigenvalue weighted by molar-refractivity contribution is -0.143.